The van der Waals surface area contributed by atoms with Crippen LogP contribution in [-0.2, 0) is 25.4 Å². The fraction of sp³-hybridized carbons (Fsp3) is 0.211. The van der Waals surface area contributed by atoms with Crippen molar-refractivity contribution in [2.45, 2.75) is 44.1 Å². The minimum atomic E-state index is -2.12. The Bertz CT molecular complexity index is 1910. The lowest BCUT2D eigenvalue weighted by atomic mass is 9.99. The van der Waals surface area contributed by atoms with E-state index in [1.54, 1.807) is 66.7 Å². The number of carbonyl (C=O) groups is 3. The summed E-state index contributed by atoms with van der Waals surface area (Å²) in [4.78, 5) is 39.6. The van der Waals surface area contributed by atoms with Gasteiger partial charge in [0, 0.05) is 22.2 Å². The highest BCUT2D eigenvalue weighted by molar-refractivity contribution is 9.10. The van der Waals surface area contributed by atoms with E-state index in [0.717, 1.165) is 10.0 Å². The van der Waals surface area contributed by atoms with Crippen molar-refractivity contribution in [1.29, 1.82) is 0 Å². The molecular formula is C38H32BrFN2O8. The summed E-state index contributed by atoms with van der Waals surface area (Å²) in [7, 11) is 0. The second-order valence-corrected chi connectivity index (χ2v) is 12.4. The first-order valence-electron chi connectivity index (χ1n) is 15.8. The normalized spacial score (nSPS) is 20.0. The highest BCUT2D eigenvalue weighted by Gasteiger charge is 2.53. The van der Waals surface area contributed by atoms with E-state index in [4.69, 9.17) is 23.7 Å². The topological polar surface area (TPSA) is 126 Å². The van der Waals surface area contributed by atoms with Gasteiger partial charge in [0.1, 0.15) is 12.7 Å². The van der Waals surface area contributed by atoms with Crippen molar-refractivity contribution >= 4 is 33.8 Å². The molecule has 10 nitrogen and oxygen atoms in total. The van der Waals surface area contributed by atoms with E-state index in [1.807, 2.05) is 31.2 Å². The number of halogens is 2. The SMILES string of the molecule is Cc1[nH]nc(OC2OC(COC(=O)c3ccccc3)C(F)C(OC(=O)c3ccccc3)C2OC(=O)c2ccccc2)c1Cc1ccc(Br)cc1. The van der Waals surface area contributed by atoms with E-state index in [2.05, 4.69) is 26.1 Å². The Kier molecular flexibility index (Phi) is 11.0. The van der Waals surface area contributed by atoms with Crippen LogP contribution in [0.1, 0.15) is 47.9 Å². The van der Waals surface area contributed by atoms with Gasteiger partial charge in [0.25, 0.3) is 0 Å². The van der Waals surface area contributed by atoms with Crippen molar-refractivity contribution in [2.75, 3.05) is 6.61 Å². The molecule has 2 heterocycles. The molecule has 12 heteroatoms. The molecule has 5 aromatic rings. The molecule has 0 spiro atoms. The van der Waals surface area contributed by atoms with Crippen molar-refractivity contribution < 1.29 is 42.5 Å². The van der Waals surface area contributed by atoms with Crippen molar-refractivity contribution in [3.05, 3.63) is 153 Å². The van der Waals surface area contributed by atoms with Gasteiger partial charge in [-0.15, -0.1) is 5.10 Å². The molecule has 256 valence electrons. The number of esters is 3. The van der Waals surface area contributed by atoms with Crippen LogP contribution < -0.4 is 4.74 Å². The van der Waals surface area contributed by atoms with Crippen molar-refractivity contribution in [3.8, 4) is 5.88 Å². The number of ether oxygens (including phenoxy) is 5. The van der Waals surface area contributed by atoms with Crippen LogP contribution in [0, 0.1) is 6.92 Å². The average Bonchev–Trinajstić information content (AvgIpc) is 3.49. The smallest absolute Gasteiger partial charge is 0.338 e. The van der Waals surface area contributed by atoms with E-state index in [1.165, 1.54) is 24.3 Å². The van der Waals surface area contributed by atoms with Crippen LogP contribution in [0.15, 0.2) is 120 Å². The molecule has 1 fully saturated rings. The summed E-state index contributed by atoms with van der Waals surface area (Å²) < 4.78 is 46.9. The van der Waals surface area contributed by atoms with Gasteiger partial charge in [-0.2, -0.15) is 0 Å². The number of hydrogen-bond acceptors (Lipinski definition) is 9. The fourth-order valence-electron chi connectivity index (χ4n) is 5.35. The van der Waals surface area contributed by atoms with Crippen LogP contribution in [0.25, 0.3) is 0 Å². The van der Waals surface area contributed by atoms with Crippen LogP contribution in [0.4, 0.5) is 4.39 Å². The van der Waals surface area contributed by atoms with Gasteiger partial charge in [-0.1, -0.05) is 82.7 Å². The van der Waals surface area contributed by atoms with Gasteiger partial charge in [-0.3, -0.25) is 5.10 Å². The Morgan fingerprint density at radius 2 is 1.28 bits per heavy atom. The zero-order valence-electron chi connectivity index (χ0n) is 26.7. The summed E-state index contributed by atoms with van der Waals surface area (Å²) in [5.74, 6) is -2.31. The zero-order valence-corrected chi connectivity index (χ0v) is 28.3. The molecule has 1 aliphatic heterocycles. The van der Waals surface area contributed by atoms with E-state index in [0.29, 0.717) is 17.7 Å². The quantitative estimate of drug-likeness (QED) is 0.115. The van der Waals surface area contributed by atoms with E-state index in [-0.39, 0.29) is 22.6 Å². The summed E-state index contributed by atoms with van der Waals surface area (Å²) in [5.41, 5.74) is 2.86. The molecule has 1 saturated heterocycles. The largest absolute Gasteiger partial charge is 0.459 e. The maximum atomic E-state index is 16.6. The molecule has 1 aromatic heterocycles. The average molecular weight is 744 g/mol. The van der Waals surface area contributed by atoms with Gasteiger partial charge in [-0.05, 0) is 61.0 Å². The zero-order chi connectivity index (χ0) is 35.0. The molecule has 0 aliphatic carbocycles. The number of aromatic amines is 1. The van der Waals surface area contributed by atoms with Crippen molar-refractivity contribution in [3.63, 3.8) is 0 Å². The number of alkyl halides is 1. The summed E-state index contributed by atoms with van der Waals surface area (Å²) in [6.45, 7) is 1.25. The first-order valence-corrected chi connectivity index (χ1v) is 16.5. The maximum absolute atomic E-state index is 16.6. The standard InChI is InChI=1S/C38H32BrFN2O8/c1-23-29(21-24-17-19-28(39)20-18-24)34(42-41-23)50-38-33(49-37(45)27-15-9-4-10-16-27)32(48-36(44)26-13-7-3-8-14-26)31(40)30(47-38)22-46-35(43)25-11-5-2-6-12-25/h2-20,30-33,38H,21-22H2,1H3,(H,41,42). The lowest BCUT2D eigenvalue weighted by Gasteiger charge is -2.41. The molecular weight excluding hydrogens is 711 g/mol. The number of nitrogens with zero attached hydrogens (tertiary/aromatic N) is 1. The van der Waals surface area contributed by atoms with Gasteiger partial charge in [0.15, 0.2) is 12.3 Å². The molecule has 50 heavy (non-hydrogen) atoms. The summed E-state index contributed by atoms with van der Waals surface area (Å²) in [6.07, 6.45) is -8.14. The first kappa shape index (κ1) is 34.5. The molecule has 1 N–H and O–H groups in total. The van der Waals surface area contributed by atoms with E-state index in [9.17, 15) is 14.4 Å². The van der Waals surface area contributed by atoms with E-state index < -0.39 is 55.3 Å². The van der Waals surface area contributed by atoms with E-state index >= 15 is 4.39 Å². The Labute approximate surface area is 295 Å². The molecule has 5 unspecified atom stereocenters. The number of aromatic nitrogens is 2. The maximum Gasteiger partial charge on any atom is 0.338 e. The molecule has 4 aromatic carbocycles. The predicted molar refractivity (Wildman–Crippen MR) is 182 cm³/mol. The lowest BCUT2D eigenvalue weighted by molar-refractivity contribution is -0.264. The highest BCUT2D eigenvalue weighted by atomic mass is 79.9. The third kappa shape index (κ3) is 8.27. The number of carbonyl (C=O) groups excluding carboxylic acids is 3. The summed E-state index contributed by atoms with van der Waals surface area (Å²) in [5, 5.41) is 7.23. The predicted octanol–water partition coefficient (Wildman–Crippen LogP) is 6.82. The Balaban J connectivity index is 1.34. The second kappa shape index (κ2) is 15.9. The second-order valence-electron chi connectivity index (χ2n) is 11.5. The molecule has 0 bridgehead atoms. The van der Waals surface area contributed by atoms with Crippen molar-refractivity contribution in [2.24, 2.45) is 0 Å². The first-order chi connectivity index (χ1) is 24.3. The summed E-state index contributed by atoms with van der Waals surface area (Å²) >= 11 is 3.44. The third-order valence-corrected chi connectivity index (χ3v) is 8.55. The van der Waals surface area contributed by atoms with Gasteiger partial charge < -0.3 is 23.7 Å². The Morgan fingerprint density at radius 3 is 1.84 bits per heavy atom. The number of aryl methyl sites for hydroxylation is 1. The van der Waals surface area contributed by atoms with Crippen LogP contribution in [-0.4, -0.2) is 65.5 Å². The number of rotatable bonds is 11. The number of benzene rings is 4. The van der Waals surface area contributed by atoms with Gasteiger partial charge >= 0.3 is 17.9 Å². The third-order valence-electron chi connectivity index (χ3n) is 8.02. The minimum Gasteiger partial charge on any atom is -0.459 e. The Hall–Kier alpha value is -5.33. The molecule has 6 rings (SSSR count). The van der Waals surface area contributed by atoms with Gasteiger partial charge in [0.05, 0.1) is 16.7 Å². The lowest BCUT2D eigenvalue weighted by Crippen LogP contribution is -2.61. The van der Waals surface area contributed by atoms with Crippen LogP contribution in [0.5, 0.6) is 5.88 Å². The monoisotopic (exact) mass is 742 g/mol. The highest BCUT2D eigenvalue weighted by Crippen LogP contribution is 2.33. The Morgan fingerprint density at radius 1 is 0.760 bits per heavy atom. The van der Waals surface area contributed by atoms with Gasteiger partial charge in [-0.25, -0.2) is 18.8 Å². The molecule has 5 atom stereocenters. The number of hydrogen-bond donors (Lipinski definition) is 1. The minimum absolute atomic E-state index is 0.0988. The number of H-pyrrole nitrogens is 1. The van der Waals surface area contributed by atoms with Gasteiger partial charge in [0.2, 0.25) is 18.3 Å². The molecule has 0 radical (unpaired) electrons. The van der Waals surface area contributed by atoms with Crippen molar-refractivity contribution in [1.82, 2.24) is 10.2 Å². The molecule has 1 aliphatic rings. The van der Waals surface area contributed by atoms with Crippen LogP contribution in [0.3, 0.4) is 0 Å². The van der Waals surface area contributed by atoms with Crippen LogP contribution >= 0.6 is 15.9 Å². The molecule has 0 saturated carbocycles. The summed E-state index contributed by atoms with van der Waals surface area (Å²) in [6, 6.07) is 31.9. The number of nitrogens with one attached hydrogen (secondary N) is 1. The van der Waals surface area contributed by atoms with Crippen LogP contribution in [0.2, 0.25) is 0 Å². The fourth-order valence-corrected chi connectivity index (χ4v) is 5.62. The molecule has 0 amide bonds.